The van der Waals surface area contributed by atoms with Crippen LogP contribution in [0.15, 0.2) is 6.33 Å². The molecule has 0 aliphatic heterocycles. The van der Waals surface area contributed by atoms with Crippen LogP contribution in [-0.4, -0.2) is 35.3 Å². The monoisotopic (exact) mass is 269 g/mol. The summed E-state index contributed by atoms with van der Waals surface area (Å²) in [5.41, 5.74) is 2.47. The molecule has 0 spiro atoms. The van der Waals surface area contributed by atoms with Crippen molar-refractivity contribution < 1.29 is 9.84 Å². The van der Waals surface area contributed by atoms with Gasteiger partial charge in [0.25, 0.3) is 0 Å². The zero-order valence-electron chi connectivity index (χ0n) is 11.5. The maximum Gasteiger partial charge on any atom is 0.205 e. The summed E-state index contributed by atoms with van der Waals surface area (Å²) < 4.78 is 5.24. The molecule has 1 aromatic heterocycles. The van der Waals surface area contributed by atoms with E-state index in [1.165, 1.54) is 6.33 Å². The van der Waals surface area contributed by atoms with Crippen LogP contribution in [0, 0.1) is 5.92 Å². The Morgan fingerprint density at radius 1 is 1.37 bits per heavy atom. The van der Waals surface area contributed by atoms with E-state index in [9.17, 15) is 0 Å². The molecule has 7 heteroatoms. The molecule has 1 heterocycles. The van der Waals surface area contributed by atoms with Gasteiger partial charge in [0, 0.05) is 13.2 Å². The molecular formula is C12H23N5O2. The average Bonchev–Trinajstić information content (AvgIpc) is 2.44. The zero-order valence-corrected chi connectivity index (χ0v) is 11.5. The van der Waals surface area contributed by atoms with Gasteiger partial charge in [0.15, 0.2) is 11.6 Å². The van der Waals surface area contributed by atoms with E-state index in [0.29, 0.717) is 23.3 Å². The summed E-state index contributed by atoms with van der Waals surface area (Å²) in [6, 6.07) is 0. The third-order valence-corrected chi connectivity index (χ3v) is 2.94. The Hall–Kier alpha value is -1.60. The van der Waals surface area contributed by atoms with Crippen LogP contribution in [0.1, 0.15) is 26.2 Å². The maximum atomic E-state index is 9.04. The summed E-state index contributed by atoms with van der Waals surface area (Å²) in [5, 5.41) is 12.3. The maximum absolute atomic E-state index is 9.04. The van der Waals surface area contributed by atoms with Gasteiger partial charge in [-0.15, -0.1) is 0 Å². The summed E-state index contributed by atoms with van der Waals surface area (Å²) in [6.45, 7) is 3.06. The largest absolute Gasteiger partial charge is 0.490 e. The van der Waals surface area contributed by atoms with Gasteiger partial charge in [0.2, 0.25) is 5.75 Å². The molecule has 1 unspecified atom stereocenters. The Kier molecular flexibility index (Phi) is 6.91. The van der Waals surface area contributed by atoms with Crippen molar-refractivity contribution in [3.63, 3.8) is 0 Å². The van der Waals surface area contributed by atoms with Crippen molar-refractivity contribution >= 4 is 11.6 Å². The molecule has 108 valence electrons. The average molecular weight is 269 g/mol. The van der Waals surface area contributed by atoms with Crippen LogP contribution < -0.4 is 21.3 Å². The van der Waals surface area contributed by atoms with E-state index < -0.39 is 0 Å². The van der Waals surface area contributed by atoms with E-state index in [4.69, 9.17) is 15.7 Å². The Morgan fingerprint density at radius 3 is 2.68 bits per heavy atom. The Morgan fingerprint density at radius 2 is 2.11 bits per heavy atom. The highest BCUT2D eigenvalue weighted by atomic mass is 16.5. The molecule has 5 N–H and O–H groups in total. The number of hydrogen-bond donors (Lipinski definition) is 4. The second-order valence-corrected chi connectivity index (χ2v) is 4.30. The molecule has 0 saturated carbocycles. The molecule has 0 fully saturated rings. The van der Waals surface area contributed by atoms with E-state index in [1.54, 1.807) is 7.11 Å². The van der Waals surface area contributed by atoms with E-state index >= 15 is 0 Å². The first-order valence-corrected chi connectivity index (χ1v) is 6.47. The van der Waals surface area contributed by atoms with Gasteiger partial charge in [0.05, 0.1) is 7.11 Å². The van der Waals surface area contributed by atoms with E-state index in [-0.39, 0.29) is 6.61 Å². The lowest BCUT2D eigenvalue weighted by Gasteiger charge is -2.18. The molecule has 1 rings (SSSR count). The number of nitrogens with zero attached hydrogens (tertiary/aromatic N) is 2. The summed E-state index contributed by atoms with van der Waals surface area (Å²) in [5.74, 6) is 7.30. The van der Waals surface area contributed by atoms with Crippen LogP contribution in [0.2, 0.25) is 0 Å². The van der Waals surface area contributed by atoms with Gasteiger partial charge in [-0.2, -0.15) is 0 Å². The van der Waals surface area contributed by atoms with E-state index in [0.717, 1.165) is 25.8 Å². The van der Waals surface area contributed by atoms with Gasteiger partial charge in [-0.05, 0) is 18.8 Å². The van der Waals surface area contributed by atoms with Gasteiger partial charge < -0.3 is 20.6 Å². The van der Waals surface area contributed by atoms with Crippen molar-refractivity contribution in [2.75, 3.05) is 31.0 Å². The Bertz CT molecular complexity index is 369. The van der Waals surface area contributed by atoms with Gasteiger partial charge in [-0.1, -0.05) is 13.3 Å². The fourth-order valence-corrected chi connectivity index (χ4v) is 1.98. The van der Waals surface area contributed by atoms with Crippen LogP contribution in [0.5, 0.6) is 5.75 Å². The van der Waals surface area contributed by atoms with Crippen molar-refractivity contribution in [3.05, 3.63) is 6.33 Å². The third-order valence-electron chi connectivity index (χ3n) is 2.94. The fraction of sp³-hybridized carbons (Fsp3) is 0.667. The topological polar surface area (TPSA) is 105 Å². The molecule has 19 heavy (non-hydrogen) atoms. The van der Waals surface area contributed by atoms with Crippen molar-refractivity contribution in [2.24, 2.45) is 11.8 Å². The highest BCUT2D eigenvalue weighted by Gasteiger charge is 2.13. The number of aliphatic hydroxyl groups is 1. The molecule has 1 aromatic rings. The van der Waals surface area contributed by atoms with Gasteiger partial charge in [-0.25, -0.2) is 15.8 Å². The van der Waals surface area contributed by atoms with E-state index in [1.807, 2.05) is 0 Å². The standard InChI is InChI=1S/C12H23N5O2/c1-3-4-9(5-6-18)7-14-11-10(19-2)12(17-13)16-8-15-11/h8-9,18H,3-7,13H2,1-2H3,(H2,14,15,16,17). The van der Waals surface area contributed by atoms with Crippen LogP contribution in [-0.2, 0) is 0 Å². The number of methoxy groups -OCH3 is 1. The molecule has 0 bridgehead atoms. The van der Waals surface area contributed by atoms with E-state index in [2.05, 4.69) is 27.6 Å². The van der Waals surface area contributed by atoms with Crippen molar-refractivity contribution in [3.8, 4) is 5.75 Å². The van der Waals surface area contributed by atoms with Crippen LogP contribution in [0.3, 0.4) is 0 Å². The lowest BCUT2D eigenvalue weighted by molar-refractivity contribution is 0.255. The number of aromatic nitrogens is 2. The quantitative estimate of drug-likeness (QED) is 0.391. The first kappa shape index (κ1) is 15.5. The summed E-state index contributed by atoms with van der Waals surface area (Å²) >= 11 is 0. The summed E-state index contributed by atoms with van der Waals surface area (Å²) in [7, 11) is 1.54. The van der Waals surface area contributed by atoms with Crippen molar-refractivity contribution in [2.45, 2.75) is 26.2 Å². The zero-order chi connectivity index (χ0) is 14.1. The number of nitrogens with one attached hydrogen (secondary N) is 2. The molecule has 1 atom stereocenters. The number of nitrogen functional groups attached to an aromatic ring is 1. The van der Waals surface area contributed by atoms with Crippen LogP contribution >= 0.6 is 0 Å². The number of aliphatic hydroxyl groups excluding tert-OH is 1. The number of ether oxygens (including phenoxy) is 1. The summed E-state index contributed by atoms with van der Waals surface area (Å²) in [4.78, 5) is 8.12. The van der Waals surface area contributed by atoms with Gasteiger partial charge in [0.1, 0.15) is 6.33 Å². The minimum Gasteiger partial charge on any atom is -0.490 e. The van der Waals surface area contributed by atoms with Crippen molar-refractivity contribution in [1.82, 2.24) is 9.97 Å². The number of nitrogens with two attached hydrogens (primary N) is 1. The number of anilines is 2. The fourth-order valence-electron chi connectivity index (χ4n) is 1.98. The van der Waals surface area contributed by atoms with Crippen LogP contribution in [0.25, 0.3) is 0 Å². The third kappa shape index (κ3) is 4.53. The predicted octanol–water partition coefficient (Wildman–Crippen LogP) is 0.981. The van der Waals surface area contributed by atoms with Crippen LogP contribution in [0.4, 0.5) is 11.6 Å². The highest BCUT2D eigenvalue weighted by Crippen LogP contribution is 2.28. The van der Waals surface area contributed by atoms with Gasteiger partial charge >= 0.3 is 0 Å². The summed E-state index contributed by atoms with van der Waals surface area (Å²) in [6.07, 6.45) is 4.34. The number of hydrogen-bond acceptors (Lipinski definition) is 7. The Balaban J connectivity index is 2.70. The lowest BCUT2D eigenvalue weighted by atomic mass is 10.0. The lowest BCUT2D eigenvalue weighted by Crippen LogP contribution is -2.18. The first-order chi connectivity index (χ1) is 9.26. The minimum atomic E-state index is 0.197. The molecule has 0 aliphatic rings. The molecule has 0 aliphatic carbocycles. The second kappa shape index (κ2) is 8.49. The Labute approximate surface area is 113 Å². The first-order valence-electron chi connectivity index (χ1n) is 6.47. The molecule has 7 nitrogen and oxygen atoms in total. The molecular weight excluding hydrogens is 246 g/mol. The van der Waals surface area contributed by atoms with Crippen molar-refractivity contribution in [1.29, 1.82) is 0 Å². The molecule has 0 radical (unpaired) electrons. The second-order valence-electron chi connectivity index (χ2n) is 4.30. The highest BCUT2D eigenvalue weighted by molar-refractivity contribution is 5.62. The molecule has 0 aromatic carbocycles. The molecule has 0 amide bonds. The minimum absolute atomic E-state index is 0.197. The number of rotatable bonds is 9. The normalized spacial score (nSPS) is 12.0. The predicted molar refractivity (Wildman–Crippen MR) is 75.0 cm³/mol. The molecule has 0 saturated heterocycles. The smallest absolute Gasteiger partial charge is 0.205 e. The SMILES string of the molecule is CCCC(CCO)CNc1ncnc(NN)c1OC. The van der Waals surface area contributed by atoms with Gasteiger partial charge in [-0.3, -0.25) is 0 Å². The number of hydrazine groups is 1.